The summed E-state index contributed by atoms with van der Waals surface area (Å²) >= 11 is 0. The van der Waals surface area contributed by atoms with E-state index in [-0.39, 0.29) is 0 Å². The van der Waals surface area contributed by atoms with Gasteiger partial charge in [0.15, 0.2) is 13.7 Å². The minimum atomic E-state index is -2.47. The second-order valence-corrected chi connectivity index (χ2v) is 4.67. The lowest BCUT2D eigenvalue weighted by molar-refractivity contribution is 0.00368. The first-order valence-electron chi connectivity index (χ1n) is 2.33. The molecule has 8 heavy (non-hydrogen) atoms. The molecule has 1 atom stereocenters. The molecule has 0 aromatic carbocycles. The summed E-state index contributed by atoms with van der Waals surface area (Å²) in [6, 6.07) is 0. The van der Waals surface area contributed by atoms with Crippen molar-refractivity contribution in [3.8, 4) is 0 Å². The third-order valence-electron chi connectivity index (χ3n) is 0.406. The Balaban J connectivity index is 3.56. The zero-order valence-corrected chi connectivity index (χ0v) is 6.18. The third-order valence-corrected chi connectivity index (χ3v) is 1.22. The normalized spacial score (nSPS) is 16.0. The average molecular weight is 138 g/mol. The van der Waals surface area contributed by atoms with Crippen LogP contribution < -0.4 is 0 Å². The molecule has 4 heteroatoms. The summed E-state index contributed by atoms with van der Waals surface area (Å²) in [5.74, 6) is 0. The fourth-order valence-corrected chi connectivity index (χ4v) is 1.10. The Bertz CT molecular complexity index is 104. The van der Waals surface area contributed by atoms with Crippen molar-refractivity contribution in [1.29, 1.82) is 0 Å². The number of hydrogen-bond acceptors (Lipinski definition) is 3. The van der Waals surface area contributed by atoms with E-state index in [4.69, 9.17) is 5.11 Å². The van der Waals surface area contributed by atoms with E-state index < -0.39 is 13.7 Å². The lowest BCUT2D eigenvalue weighted by Gasteiger charge is -2.09. The van der Waals surface area contributed by atoms with Crippen molar-refractivity contribution in [1.82, 2.24) is 0 Å². The van der Waals surface area contributed by atoms with Gasteiger partial charge in [-0.2, -0.15) is 0 Å². The van der Waals surface area contributed by atoms with E-state index in [1.165, 1.54) is 20.3 Å². The van der Waals surface area contributed by atoms with E-state index in [1.807, 2.05) is 0 Å². The molecule has 0 heterocycles. The van der Waals surface area contributed by atoms with Crippen LogP contribution in [0, 0.1) is 0 Å². The van der Waals surface area contributed by atoms with Crippen LogP contribution in [0.5, 0.6) is 0 Å². The molecular formula is C4H11O3P. The highest BCUT2D eigenvalue weighted by atomic mass is 31.2. The molecule has 0 aliphatic heterocycles. The highest BCUT2D eigenvalue weighted by Gasteiger charge is 2.09. The topological polar surface area (TPSA) is 46.5 Å². The van der Waals surface area contributed by atoms with E-state index >= 15 is 0 Å². The van der Waals surface area contributed by atoms with E-state index in [0.717, 1.165) is 0 Å². The molecular weight excluding hydrogens is 127 g/mol. The van der Waals surface area contributed by atoms with Crippen LogP contribution in [0.15, 0.2) is 0 Å². The fraction of sp³-hybridized carbons (Fsp3) is 1.00. The van der Waals surface area contributed by atoms with Crippen LogP contribution in [0.4, 0.5) is 0 Å². The average Bonchev–Trinajstić information content (AvgIpc) is 1.21. The Kier molecular flexibility index (Phi) is 2.67. The highest BCUT2D eigenvalue weighted by molar-refractivity contribution is 7.57. The quantitative estimate of drug-likeness (QED) is 0.455. The molecule has 1 unspecified atom stereocenters. The molecule has 0 aromatic rings. The summed E-state index contributed by atoms with van der Waals surface area (Å²) in [5, 5.41) is 8.49. The fourth-order valence-electron chi connectivity index (χ4n) is 0.367. The first kappa shape index (κ1) is 8.15. The minimum Gasteiger partial charge on any atom is -0.368 e. The van der Waals surface area contributed by atoms with Crippen LogP contribution in [-0.2, 0) is 9.09 Å². The summed E-state index contributed by atoms with van der Waals surface area (Å²) in [4.78, 5) is 0. The van der Waals surface area contributed by atoms with Gasteiger partial charge in [-0.1, -0.05) is 0 Å². The van der Waals surface area contributed by atoms with E-state index in [1.54, 1.807) is 0 Å². The Morgan fingerprint density at radius 1 is 1.62 bits per heavy atom. The van der Waals surface area contributed by atoms with Crippen LogP contribution in [0.25, 0.3) is 0 Å². The molecule has 50 valence electrons. The van der Waals surface area contributed by atoms with Gasteiger partial charge in [-0.25, -0.2) is 0 Å². The van der Waals surface area contributed by atoms with Gasteiger partial charge in [0, 0.05) is 13.3 Å². The molecule has 0 aliphatic carbocycles. The third kappa shape index (κ3) is 6.15. The van der Waals surface area contributed by atoms with Gasteiger partial charge in [0.25, 0.3) is 0 Å². The van der Waals surface area contributed by atoms with Crippen LogP contribution in [0.2, 0.25) is 0 Å². The molecule has 0 amide bonds. The van der Waals surface area contributed by atoms with Crippen molar-refractivity contribution in [2.45, 2.75) is 13.2 Å². The smallest absolute Gasteiger partial charge is 0.199 e. The van der Waals surface area contributed by atoms with Crippen molar-refractivity contribution < 1.29 is 14.2 Å². The van der Waals surface area contributed by atoms with Gasteiger partial charge in [0.05, 0.1) is 0 Å². The summed E-state index contributed by atoms with van der Waals surface area (Å²) in [7, 11) is -2.47. The highest BCUT2D eigenvalue weighted by Crippen LogP contribution is 2.38. The molecule has 0 bridgehead atoms. The second kappa shape index (κ2) is 2.62. The molecule has 0 spiro atoms. The Hall–Kier alpha value is 0.150. The van der Waals surface area contributed by atoms with E-state index in [0.29, 0.717) is 0 Å². The molecule has 0 rings (SSSR count). The lowest BCUT2D eigenvalue weighted by atomic mass is 10.8. The van der Waals surface area contributed by atoms with Gasteiger partial charge in [-0.05, 0) is 6.92 Å². The Morgan fingerprint density at radius 2 is 2.00 bits per heavy atom. The van der Waals surface area contributed by atoms with E-state index in [2.05, 4.69) is 4.52 Å². The van der Waals surface area contributed by atoms with Crippen LogP contribution in [0.3, 0.4) is 0 Å². The number of aliphatic hydroxyl groups excluding tert-OH is 1. The summed E-state index contributed by atoms with van der Waals surface area (Å²) < 4.78 is 15.2. The number of hydrogen-bond donors (Lipinski definition) is 1. The predicted molar refractivity (Wildman–Crippen MR) is 32.2 cm³/mol. The van der Waals surface area contributed by atoms with Gasteiger partial charge >= 0.3 is 0 Å². The second-order valence-electron chi connectivity index (χ2n) is 1.96. The van der Waals surface area contributed by atoms with Crippen LogP contribution in [-0.4, -0.2) is 24.7 Å². The Morgan fingerprint density at radius 3 is 2.00 bits per heavy atom. The summed E-state index contributed by atoms with van der Waals surface area (Å²) in [5.41, 5.74) is 0. The number of rotatable bonds is 2. The minimum absolute atomic E-state index is 0.921. The van der Waals surface area contributed by atoms with Crippen molar-refractivity contribution in [2.75, 3.05) is 13.3 Å². The molecule has 0 aromatic heterocycles. The first-order chi connectivity index (χ1) is 3.42. The van der Waals surface area contributed by atoms with Gasteiger partial charge in [0.1, 0.15) is 0 Å². The molecule has 0 radical (unpaired) electrons. The lowest BCUT2D eigenvalue weighted by Crippen LogP contribution is -2.02. The van der Waals surface area contributed by atoms with Gasteiger partial charge < -0.3 is 5.11 Å². The SMILES string of the molecule is CC(O)OP(C)(C)=O. The maximum Gasteiger partial charge on any atom is 0.199 e. The van der Waals surface area contributed by atoms with Crippen LogP contribution in [0.1, 0.15) is 6.92 Å². The predicted octanol–water partition coefficient (Wildman–Crippen LogP) is 0.879. The van der Waals surface area contributed by atoms with Crippen molar-refractivity contribution in [2.24, 2.45) is 0 Å². The molecule has 3 nitrogen and oxygen atoms in total. The monoisotopic (exact) mass is 138 g/mol. The van der Waals surface area contributed by atoms with Gasteiger partial charge in [-0.3, -0.25) is 9.09 Å². The molecule has 0 aliphatic rings. The van der Waals surface area contributed by atoms with Crippen molar-refractivity contribution in [3.05, 3.63) is 0 Å². The van der Waals surface area contributed by atoms with Gasteiger partial charge in [-0.15, -0.1) is 0 Å². The maximum atomic E-state index is 10.6. The zero-order valence-electron chi connectivity index (χ0n) is 5.29. The Labute approximate surface area is 49.1 Å². The molecule has 0 fully saturated rings. The molecule has 0 saturated heterocycles. The standard InChI is InChI=1S/C4H11O3P/c1-4(5)7-8(2,3)6/h4-5H,1-3H3. The van der Waals surface area contributed by atoms with Gasteiger partial charge in [0.2, 0.25) is 0 Å². The number of aliphatic hydroxyl groups is 1. The van der Waals surface area contributed by atoms with Crippen molar-refractivity contribution >= 4 is 7.37 Å². The molecule has 1 N–H and O–H groups in total. The maximum absolute atomic E-state index is 10.6. The van der Waals surface area contributed by atoms with E-state index in [9.17, 15) is 4.57 Å². The van der Waals surface area contributed by atoms with Crippen LogP contribution >= 0.6 is 7.37 Å². The zero-order chi connectivity index (χ0) is 6.78. The summed E-state index contributed by atoms with van der Waals surface area (Å²) in [6.45, 7) is 4.35. The summed E-state index contributed by atoms with van der Waals surface area (Å²) in [6.07, 6.45) is -0.921. The first-order valence-corrected chi connectivity index (χ1v) is 4.85. The van der Waals surface area contributed by atoms with Crippen molar-refractivity contribution in [3.63, 3.8) is 0 Å². The molecule has 0 saturated carbocycles. The largest absolute Gasteiger partial charge is 0.368 e.